The van der Waals surface area contributed by atoms with Crippen LogP contribution in [-0.2, 0) is 29.6 Å². The summed E-state index contributed by atoms with van der Waals surface area (Å²) in [5.41, 5.74) is 1.90. The molecule has 1 aromatic heterocycles. The smallest absolute Gasteiger partial charge is 0.472 e. The van der Waals surface area contributed by atoms with Gasteiger partial charge >= 0.3 is 13.9 Å². The monoisotopic (exact) mass is 724 g/mol. The third-order valence-corrected chi connectivity index (χ3v) is 10.5. The SMILES string of the molecule is CCCCCCCCCCCCCCCCCCNC(=O)OC[C@H]1[C@@H](COP(=O)(O)OCC[n+]2ccsc2)[C@@H]2CC[C@H]1O2.[Br-]. The molecule has 0 aromatic carbocycles. The summed E-state index contributed by atoms with van der Waals surface area (Å²) >= 11 is 1.54. The van der Waals surface area contributed by atoms with Gasteiger partial charge in [0.2, 0.25) is 5.51 Å². The average Bonchev–Trinajstić information content (AvgIpc) is 3.75. The molecule has 44 heavy (non-hydrogen) atoms. The second-order valence-corrected chi connectivity index (χ2v) is 14.5. The van der Waals surface area contributed by atoms with Crippen molar-refractivity contribution in [2.45, 2.75) is 141 Å². The number of thiazole rings is 1. The van der Waals surface area contributed by atoms with E-state index in [2.05, 4.69) is 12.2 Å². The normalized spacial score (nSPS) is 22.0. The van der Waals surface area contributed by atoms with Crippen molar-refractivity contribution < 1.29 is 54.3 Å². The van der Waals surface area contributed by atoms with Crippen LogP contribution in [0.5, 0.6) is 0 Å². The van der Waals surface area contributed by atoms with Gasteiger partial charge in [-0.2, -0.15) is 4.57 Å². The molecule has 2 aliphatic rings. The second kappa shape index (κ2) is 23.7. The van der Waals surface area contributed by atoms with Crippen LogP contribution in [0.1, 0.15) is 122 Å². The van der Waals surface area contributed by atoms with Crippen LogP contribution in [-0.4, -0.2) is 49.6 Å². The highest BCUT2D eigenvalue weighted by molar-refractivity contribution is 7.47. The third kappa shape index (κ3) is 16.3. The Morgan fingerprint density at radius 1 is 0.886 bits per heavy atom. The molecule has 3 rings (SSSR count). The van der Waals surface area contributed by atoms with E-state index in [-0.39, 0.29) is 60.8 Å². The molecule has 1 aromatic rings. The van der Waals surface area contributed by atoms with Gasteiger partial charge in [-0.1, -0.05) is 115 Å². The topological polar surface area (TPSA) is 107 Å². The summed E-state index contributed by atoms with van der Waals surface area (Å²) in [6.07, 6.45) is 24.4. The maximum Gasteiger partial charge on any atom is 0.472 e. The summed E-state index contributed by atoms with van der Waals surface area (Å²) in [6.45, 7) is 3.69. The van der Waals surface area contributed by atoms with Gasteiger partial charge < -0.3 is 36.7 Å². The number of nitrogens with one attached hydrogen (secondary N) is 1. The van der Waals surface area contributed by atoms with Gasteiger partial charge in [-0.3, -0.25) is 9.05 Å². The predicted octanol–water partition coefficient (Wildman–Crippen LogP) is 4.95. The van der Waals surface area contributed by atoms with E-state index in [1.54, 1.807) is 11.3 Å². The highest BCUT2D eigenvalue weighted by Crippen LogP contribution is 2.48. The highest BCUT2D eigenvalue weighted by Gasteiger charge is 2.50. The van der Waals surface area contributed by atoms with Crippen molar-refractivity contribution in [3.05, 3.63) is 17.1 Å². The summed E-state index contributed by atoms with van der Waals surface area (Å²) in [5.74, 6) is -0.163. The van der Waals surface area contributed by atoms with E-state index < -0.39 is 13.9 Å². The molecule has 5 atom stereocenters. The largest absolute Gasteiger partial charge is 1.00 e. The van der Waals surface area contributed by atoms with E-state index in [1.807, 2.05) is 21.7 Å². The number of unbranched alkanes of at least 4 members (excludes halogenated alkanes) is 15. The van der Waals surface area contributed by atoms with Gasteiger partial charge in [-0.05, 0) is 19.3 Å². The lowest BCUT2D eigenvalue weighted by Crippen LogP contribution is -3.00. The van der Waals surface area contributed by atoms with Crippen LogP contribution < -0.4 is 26.9 Å². The van der Waals surface area contributed by atoms with Gasteiger partial charge in [0.25, 0.3) is 0 Å². The standard InChI is InChI=1S/C32H57N2O7PS.BrH/c1-2-3-4-5-6-7-8-9-10-11-12-13-14-15-16-17-20-33-32(35)38-25-28-29(31-19-18-30(28)41-31)26-40-42(36,37)39-23-21-34-22-24-43-27-34;/h22,24,27-31H,2-21,23,25-26H2,1H3,(H-,33,35,36,37);1H/t28-,29+,30+,31-;/m0./s1. The first kappa shape index (κ1) is 39.6. The van der Waals surface area contributed by atoms with Crippen LogP contribution in [0.4, 0.5) is 4.79 Å². The van der Waals surface area contributed by atoms with Crippen molar-refractivity contribution in [3.8, 4) is 0 Å². The van der Waals surface area contributed by atoms with Gasteiger partial charge in [0, 0.05) is 18.4 Å². The van der Waals surface area contributed by atoms with Crippen molar-refractivity contribution in [1.82, 2.24) is 5.32 Å². The number of rotatable bonds is 26. The molecule has 2 N–H and O–H groups in total. The van der Waals surface area contributed by atoms with Crippen LogP contribution in [0.25, 0.3) is 0 Å². The zero-order chi connectivity index (χ0) is 30.6. The number of hydrogen-bond acceptors (Lipinski definition) is 7. The average molecular weight is 726 g/mol. The Balaban J connectivity index is 0.00000675. The van der Waals surface area contributed by atoms with Crippen LogP contribution >= 0.6 is 19.2 Å². The number of carbonyl (C=O) groups is 1. The number of aromatic nitrogens is 1. The molecular formula is C32H58BrN2O7PS. The Labute approximate surface area is 280 Å². The molecule has 256 valence electrons. The Kier molecular flexibility index (Phi) is 21.4. The summed E-state index contributed by atoms with van der Waals surface area (Å²) < 4.78 is 36.3. The number of alkyl carbamates (subject to hydrolysis) is 1. The summed E-state index contributed by atoms with van der Waals surface area (Å²) in [5, 5.41) is 4.79. The fourth-order valence-electron chi connectivity index (χ4n) is 6.29. The van der Waals surface area contributed by atoms with Crippen molar-refractivity contribution in [2.24, 2.45) is 11.8 Å². The molecule has 2 saturated heterocycles. The Hall–Kier alpha value is -0.550. The summed E-state index contributed by atoms with van der Waals surface area (Å²) in [4.78, 5) is 22.4. The number of fused-ring (bicyclic) bond motifs is 2. The number of ether oxygens (including phenoxy) is 2. The fraction of sp³-hybridized carbons (Fsp3) is 0.875. The van der Waals surface area contributed by atoms with E-state index in [0.29, 0.717) is 13.1 Å². The fourth-order valence-corrected chi connectivity index (χ4v) is 7.66. The molecule has 9 nitrogen and oxygen atoms in total. The molecule has 3 heterocycles. The number of phosphoric acid groups is 1. The van der Waals surface area contributed by atoms with Gasteiger partial charge in [-0.25, -0.2) is 9.36 Å². The third-order valence-electron chi connectivity index (χ3n) is 8.86. The van der Waals surface area contributed by atoms with Gasteiger partial charge in [0.15, 0.2) is 12.7 Å². The number of halogens is 1. The Morgan fingerprint density at radius 3 is 1.98 bits per heavy atom. The minimum atomic E-state index is -4.18. The molecule has 12 heteroatoms. The summed E-state index contributed by atoms with van der Waals surface area (Å²) in [7, 11) is -4.18. The molecule has 0 aliphatic carbocycles. The van der Waals surface area contributed by atoms with Crippen LogP contribution in [0.15, 0.2) is 17.1 Å². The lowest BCUT2D eigenvalue weighted by molar-refractivity contribution is -0.693. The van der Waals surface area contributed by atoms with Crippen LogP contribution in [0, 0.1) is 11.8 Å². The number of amides is 1. The minimum Gasteiger partial charge on any atom is -1.00 e. The molecule has 1 amide bonds. The zero-order valence-corrected chi connectivity index (χ0v) is 30.2. The predicted molar refractivity (Wildman–Crippen MR) is 170 cm³/mol. The Morgan fingerprint density at radius 2 is 1.43 bits per heavy atom. The minimum absolute atomic E-state index is 0. The quantitative estimate of drug-likeness (QED) is 0.0791. The maximum atomic E-state index is 12.4. The van der Waals surface area contributed by atoms with Gasteiger partial charge in [0.05, 0.1) is 30.8 Å². The first-order chi connectivity index (χ1) is 21.0. The highest BCUT2D eigenvalue weighted by atomic mass is 79.9. The molecule has 2 aliphatic heterocycles. The molecule has 1 unspecified atom stereocenters. The van der Waals surface area contributed by atoms with E-state index in [4.69, 9.17) is 18.5 Å². The number of carbonyl (C=O) groups excluding carboxylic acids is 1. The van der Waals surface area contributed by atoms with Crippen LogP contribution in [0.3, 0.4) is 0 Å². The lowest BCUT2D eigenvalue weighted by Gasteiger charge is -2.27. The van der Waals surface area contributed by atoms with Gasteiger partial charge in [-0.15, -0.1) is 0 Å². The number of phosphoric ester groups is 1. The first-order valence-electron chi connectivity index (χ1n) is 17.1. The molecule has 0 saturated carbocycles. The van der Waals surface area contributed by atoms with Crippen molar-refractivity contribution in [3.63, 3.8) is 0 Å². The van der Waals surface area contributed by atoms with Crippen molar-refractivity contribution >= 4 is 25.3 Å². The maximum absolute atomic E-state index is 12.4. The van der Waals surface area contributed by atoms with E-state index in [1.165, 1.54) is 89.9 Å². The zero-order valence-electron chi connectivity index (χ0n) is 26.9. The van der Waals surface area contributed by atoms with Crippen molar-refractivity contribution in [2.75, 3.05) is 26.4 Å². The van der Waals surface area contributed by atoms with Gasteiger partial charge in [0.1, 0.15) is 6.61 Å². The summed E-state index contributed by atoms with van der Waals surface area (Å²) in [6, 6.07) is 0. The van der Waals surface area contributed by atoms with Crippen LogP contribution in [0.2, 0.25) is 0 Å². The molecule has 2 bridgehead atoms. The molecule has 0 radical (unpaired) electrons. The van der Waals surface area contributed by atoms with Crippen molar-refractivity contribution in [1.29, 1.82) is 0 Å². The second-order valence-electron chi connectivity index (χ2n) is 12.3. The number of hydrogen-bond donors (Lipinski definition) is 2. The van der Waals surface area contributed by atoms with E-state index in [0.717, 1.165) is 25.7 Å². The lowest BCUT2D eigenvalue weighted by atomic mass is 9.80. The molecular weight excluding hydrogens is 667 g/mol. The molecule has 2 fully saturated rings. The Bertz CT molecular complexity index is 913. The molecule has 0 spiro atoms. The van der Waals surface area contributed by atoms with E-state index >= 15 is 0 Å². The van der Waals surface area contributed by atoms with E-state index in [9.17, 15) is 14.3 Å². The first-order valence-corrected chi connectivity index (χ1v) is 19.5. The number of nitrogens with zero attached hydrogens (tertiary/aromatic N) is 1.